The molecule has 0 radical (unpaired) electrons. The van der Waals surface area contributed by atoms with Crippen LogP contribution in [0.4, 0.5) is 0 Å². The molecule has 20 heavy (non-hydrogen) atoms. The number of fused-ring (bicyclic) bond motifs is 1. The van der Waals surface area contributed by atoms with Crippen LogP contribution in [0.5, 0.6) is 0 Å². The summed E-state index contributed by atoms with van der Waals surface area (Å²) in [4.78, 5) is 4.32. The Kier molecular flexibility index (Phi) is 3.74. The number of hydrogen-bond donors (Lipinski definition) is 1. The van der Waals surface area contributed by atoms with E-state index in [1.165, 1.54) is 10.9 Å². The van der Waals surface area contributed by atoms with E-state index in [9.17, 15) is 0 Å². The monoisotopic (exact) mass is 266 g/mol. The van der Waals surface area contributed by atoms with E-state index in [-0.39, 0.29) is 0 Å². The van der Waals surface area contributed by atoms with Gasteiger partial charge in [0.25, 0.3) is 0 Å². The van der Waals surface area contributed by atoms with Crippen LogP contribution in [0.3, 0.4) is 0 Å². The van der Waals surface area contributed by atoms with Crippen molar-refractivity contribution in [2.75, 3.05) is 6.54 Å². The van der Waals surface area contributed by atoms with Crippen molar-refractivity contribution in [1.82, 2.24) is 20.1 Å². The van der Waals surface area contributed by atoms with Gasteiger partial charge in [0.15, 0.2) is 0 Å². The fourth-order valence-corrected chi connectivity index (χ4v) is 2.39. The molecule has 3 aromatic rings. The predicted molar refractivity (Wildman–Crippen MR) is 80.4 cm³/mol. The van der Waals surface area contributed by atoms with Crippen LogP contribution < -0.4 is 5.32 Å². The number of benzene rings is 1. The quantitative estimate of drug-likeness (QED) is 0.721. The average molecular weight is 266 g/mol. The van der Waals surface area contributed by atoms with Crippen molar-refractivity contribution >= 4 is 10.9 Å². The summed E-state index contributed by atoms with van der Waals surface area (Å²) < 4.78 is 1.94. The van der Waals surface area contributed by atoms with Gasteiger partial charge in [-0.3, -0.25) is 9.67 Å². The smallest absolute Gasteiger partial charge is 0.0841 e. The molecule has 4 heteroatoms. The predicted octanol–water partition coefficient (Wildman–Crippen LogP) is 2.30. The SMILES string of the molecule is Cn1nc(CNCCc2ccccn2)c2ccccc21. The van der Waals surface area contributed by atoms with Gasteiger partial charge in [0, 0.05) is 43.8 Å². The van der Waals surface area contributed by atoms with Crippen molar-refractivity contribution in [3.8, 4) is 0 Å². The first kappa shape index (κ1) is 12.8. The summed E-state index contributed by atoms with van der Waals surface area (Å²) in [6.45, 7) is 1.69. The molecule has 1 aromatic carbocycles. The van der Waals surface area contributed by atoms with Crippen LogP contribution in [0, 0.1) is 0 Å². The summed E-state index contributed by atoms with van der Waals surface area (Å²) in [5.74, 6) is 0. The first-order valence-electron chi connectivity index (χ1n) is 6.86. The fraction of sp³-hybridized carbons (Fsp3) is 0.250. The number of nitrogens with zero attached hydrogens (tertiary/aromatic N) is 3. The first-order chi connectivity index (χ1) is 9.84. The number of rotatable bonds is 5. The van der Waals surface area contributed by atoms with Gasteiger partial charge in [0.2, 0.25) is 0 Å². The molecule has 3 rings (SSSR count). The summed E-state index contributed by atoms with van der Waals surface area (Å²) in [7, 11) is 1.99. The van der Waals surface area contributed by atoms with Gasteiger partial charge in [0.1, 0.15) is 0 Å². The van der Waals surface area contributed by atoms with Gasteiger partial charge in [0.05, 0.1) is 11.2 Å². The van der Waals surface area contributed by atoms with Gasteiger partial charge in [-0.1, -0.05) is 24.3 Å². The van der Waals surface area contributed by atoms with Gasteiger partial charge < -0.3 is 5.32 Å². The molecule has 0 atom stereocenters. The molecule has 0 spiro atoms. The Morgan fingerprint density at radius 1 is 1.10 bits per heavy atom. The van der Waals surface area contributed by atoms with E-state index in [2.05, 4.69) is 39.7 Å². The first-order valence-corrected chi connectivity index (χ1v) is 6.86. The lowest BCUT2D eigenvalue weighted by Gasteiger charge is -2.02. The maximum Gasteiger partial charge on any atom is 0.0841 e. The highest BCUT2D eigenvalue weighted by molar-refractivity contribution is 5.81. The van der Waals surface area contributed by atoms with E-state index in [4.69, 9.17) is 0 Å². The Hall–Kier alpha value is -2.20. The van der Waals surface area contributed by atoms with Crippen LogP contribution in [0.25, 0.3) is 10.9 Å². The molecule has 0 fully saturated rings. The van der Waals surface area contributed by atoms with E-state index < -0.39 is 0 Å². The van der Waals surface area contributed by atoms with Crippen LogP contribution in [-0.2, 0) is 20.0 Å². The Labute approximate surface area is 118 Å². The molecule has 0 saturated heterocycles. The molecule has 0 bridgehead atoms. The van der Waals surface area contributed by atoms with Crippen molar-refractivity contribution in [2.45, 2.75) is 13.0 Å². The molecule has 102 valence electrons. The van der Waals surface area contributed by atoms with Crippen molar-refractivity contribution in [2.24, 2.45) is 7.05 Å². The van der Waals surface area contributed by atoms with Crippen LogP contribution >= 0.6 is 0 Å². The van der Waals surface area contributed by atoms with Crippen LogP contribution in [0.2, 0.25) is 0 Å². The lowest BCUT2D eigenvalue weighted by molar-refractivity contribution is 0.654. The fourth-order valence-electron chi connectivity index (χ4n) is 2.39. The molecule has 1 N–H and O–H groups in total. The average Bonchev–Trinajstić information content (AvgIpc) is 2.82. The lowest BCUT2D eigenvalue weighted by atomic mass is 10.2. The standard InChI is InChI=1S/C16H18N4/c1-20-16-8-3-2-7-14(16)15(19-20)12-17-11-9-13-6-4-5-10-18-13/h2-8,10,17H,9,11-12H2,1H3. The Bertz CT molecular complexity index is 688. The highest BCUT2D eigenvalue weighted by atomic mass is 15.3. The van der Waals surface area contributed by atoms with Crippen molar-refractivity contribution in [3.63, 3.8) is 0 Å². The number of para-hydroxylation sites is 1. The maximum absolute atomic E-state index is 4.57. The van der Waals surface area contributed by atoms with Crippen LogP contribution in [0.15, 0.2) is 48.7 Å². The molecule has 0 amide bonds. The van der Waals surface area contributed by atoms with Crippen molar-refractivity contribution in [1.29, 1.82) is 0 Å². The summed E-state index contributed by atoms with van der Waals surface area (Å²) in [5.41, 5.74) is 3.39. The van der Waals surface area contributed by atoms with E-state index in [0.29, 0.717) is 0 Å². The highest BCUT2D eigenvalue weighted by Gasteiger charge is 2.06. The molecule has 0 unspecified atom stereocenters. The van der Waals surface area contributed by atoms with Crippen LogP contribution in [-0.4, -0.2) is 21.3 Å². The second-order valence-electron chi connectivity index (χ2n) is 4.84. The molecule has 0 aliphatic rings. The summed E-state index contributed by atoms with van der Waals surface area (Å²) >= 11 is 0. The molecule has 0 saturated carbocycles. The third kappa shape index (κ3) is 2.70. The third-order valence-corrected chi connectivity index (χ3v) is 3.41. The summed E-state index contributed by atoms with van der Waals surface area (Å²) in [6.07, 6.45) is 2.77. The van der Waals surface area contributed by atoms with Gasteiger partial charge in [-0.2, -0.15) is 5.10 Å². The minimum absolute atomic E-state index is 0.786. The molecule has 2 aromatic heterocycles. The summed E-state index contributed by atoms with van der Waals surface area (Å²) in [6, 6.07) is 14.3. The van der Waals surface area contributed by atoms with Crippen molar-refractivity contribution < 1.29 is 0 Å². The largest absolute Gasteiger partial charge is 0.311 e. The van der Waals surface area contributed by atoms with E-state index in [0.717, 1.165) is 30.9 Å². The lowest BCUT2D eigenvalue weighted by Crippen LogP contribution is -2.17. The van der Waals surface area contributed by atoms with Crippen molar-refractivity contribution in [3.05, 3.63) is 60.0 Å². The maximum atomic E-state index is 4.57. The number of aromatic nitrogens is 3. The number of pyridine rings is 1. The Morgan fingerprint density at radius 3 is 2.80 bits per heavy atom. The number of nitrogens with one attached hydrogen (secondary N) is 1. The third-order valence-electron chi connectivity index (χ3n) is 3.41. The van der Waals surface area contributed by atoms with Crippen LogP contribution in [0.1, 0.15) is 11.4 Å². The highest BCUT2D eigenvalue weighted by Crippen LogP contribution is 2.16. The zero-order chi connectivity index (χ0) is 13.8. The topological polar surface area (TPSA) is 42.7 Å². The minimum atomic E-state index is 0.786. The summed E-state index contributed by atoms with van der Waals surface area (Å²) in [5, 5.41) is 9.24. The zero-order valence-corrected chi connectivity index (χ0v) is 11.6. The Balaban J connectivity index is 1.60. The van der Waals surface area contributed by atoms with Gasteiger partial charge in [-0.15, -0.1) is 0 Å². The second kappa shape index (κ2) is 5.84. The molecule has 0 aliphatic carbocycles. The van der Waals surface area contributed by atoms with E-state index in [1.54, 1.807) is 0 Å². The molecular formula is C16H18N4. The van der Waals surface area contributed by atoms with Gasteiger partial charge in [-0.05, 0) is 18.2 Å². The molecule has 0 aliphatic heterocycles. The van der Waals surface area contributed by atoms with Gasteiger partial charge in [-0.25, -0.2) is 0 Å². The zero-order valence-electron chi connectivity index (χ0n) is 11.6. The Morgan fingerprint density at radius 2 is 1.95 bits per heavy atom. The molecule has 4 nitrogen and oxygen atoms in total. The number of hydrogen-bond acceptors (Lipinski definition) is 3. The number of aryl methyl sites for hydroxylation is 1. The van der Waals surface area contributed by atoms with E-state index in [1.807, 2.05) is 36.1 Å². The van der Waals surface area contributed by atoms with Gasteiger partial charge >= 0.3 is 0 Å². The second-order valence-corrected chi connectivity index (χ2v) is 4.84. The molecule has 2 heterocycles. The minimum Gasteiger partial charge on any atom is -0.311 e. The normalized spacial score (nSPS) is 11.1. The molecular weight excluding hydrogens is 248 g/mol. The van der Waals surface area contributed by atoms with E-state index >= 15 is 0 Å².